The van der Waals surface area contributed by atoms with Crippen molar-refractivity contribution in [3.05, 3.63) is 0 Å². The van der Waals surface area contributed by atoms with Crippen molar-refractivity contribution in [3.8, 4) is 0 Å². The number of hydrogen-bond donors (Lipinski definition) is 1. The molecule has 0 aromatic heterocycles. The van der Waals surface area contributed by atoms with Crippen molar-refractivity contribution >= 4 is 11.9 Å². The van der Waals surface area contributed by atoms with E-state index in [-0.39, 0.29) is 25.8 Å². The zero-order chi connectivity index (χ0) is 12.6. The standard InChI is InChI=1S/C9H12F3NO3/c1-2-8(7(15)16)4-3-5-13(8)6(14)9(10,11)12/h2-5H2,1H3,(H,15,16). The van der Waals surface area contributed by atoms with Crippen LogP contribution in [0.25, 0.3) is 0 Å². The van der Waals surface area contributed by atoms with Crippen LogP contribution < -0.4 is 0 Å². The number of hydrogen-bond acceptors (Lipinski definition) is 2. The van der Waals surface area contributed by atoms with Crippen molar-refractivity contribution in [1.29, 1.82) is 0 Å². The average Bonchev–Trinajstić information content (AvgIpc) is 2.59. The van der Waals surface area contributed by atoms with Crippen LogP contribution in [-0.4, -0.2) is 40.1 Å². The van der Waals surface area contributed by atoms with E-state index in [0.717, 1.165) is 0 Å². The Morgan fingerprint density at radius 1 is 1.44 bits per heavy atom. The first-order valence-electron chi connectivity index (χ1n) is 4.88. The molecule has 1 rings (SSSR count). The van der Waals surface area contributed by atoms with Gasteiger partial charge in [0.05, 0.1) is 0 Å². The second-order valence-corrected chi connectivity index (χ2v) is 3.75. The van der Waals surface area contributed by atoms with Gasteiger partial charge in [-0.2, -0.15) is 13.2 Å². The van der Waals surface area contributed by atoms with Crippen LogP contribution in [0.15, 0.2) is 0 Å². The molecular weight excluding hydrogens is 227 g/mol. The predicted octanol–water partition coefficient (Wildman–Crippen LogP) is 1.40. The summed E-state index contributed by atoms with van der Waals surface area (Å²) in [6, 6.07) is 0. The number of rotatable bonds is 2. The molecule has 1 amide bonds. The van der Waals surface area contributed by atoms with Gasteiger partial charge in [0, 0.05) is 6.54 Å². The molecule has 0 radical (unpaired) electrons. The van der Waals surface area contributed by atoms with Crippen LogP contribution >= 0.6 is 0 Å². The van der Waals surface area contributed by atoms with Crippen LogP contribution in [0, 0.1) is 0 Å². The molecule has 0 saturated carbocycles. The number of amides is 1. The van der Waals surface area contributed by atoms with E-state index in [1.165, 1.54) is 6.92 Å². The van der Waals surface area contributed by atoms with E-state index in [0.29, 0.717) is 4.90 Å². The van der Waals surface area contributed by atoms with E-state index in [2.05, 4.69) is 0 Å². The quantitative estimate of drug-likeness (QED) is 0.792. The van der Waals surface area contributed by atoms with Gasteiger partial charge < -0.3 is 10.0 Å². The predicted molar refractivity (Wildman–Crippen MR) is 47.7 cm³/mol. The van der Waals surface area contributed by atoms with Crippen molar-refractivity contribution in [1.82, 2.24) is 4.90 Å². The van der Waals surface area contributed by atoms with E-state index >= 15 is 0 Å². The minimum Gasteiger partial charge on any atom is -0.479 e. The summed E-state index contributed by atoms with van der Waals surface area (Å²) in [4.78, 5) is 22.6. The number of carbonyl (C=O) groups is 2. The van der Waals surface area contributed by atoms with Gasteiger partial charge in [0.15, 0.2) is 0 Å². The third-order valence-electron chi connectivity index (χ3n) is 2.96. The Labute approximate surface area is 90.0 Å². The molecule has 1 N–H and O–H groups in total. The monoisotopic (exact) mass is 239 g/mol. The van der Waals surface area contributed by atoms with Crippen molar-refractivity contribution in [2.75, 3.05) is 6.54 Å². The van der Waals surface area contributed by atoms with Gasteiger partial charge >= 0.3 is 18.1 Å². The van der Waals surface area contributed by atoms with E-state index in [1.807, 2.05) is 0 Å². The molecule has 1 heterocycles. The van der Waals surface area contributed by atoms with Crippen LogP contribution in [-0.2, 0) is 9.59 Å². The molecule has 4 nitrogen and oxygen atoms in total. The molecule has 0 bridgehead atoms. The van der Waals surface area contributed by atoms with E-state index in [1.54, 1.807) is 0 Å². The van der Waals surface area contributed by atoms with Crippen LogP contribution in [0.3, 0.4) is 0 Å². The fraction of sp³-hybridized carbons (Fsp3) is 0.778. The van der Waals surface area contributed by atoms with Gasteiger partial charge in [-0.25, -0.2) is 4.79 Å². The second-order valence-electron chi connectivity index (χ2n) is 3.75. The number of aliphatic carboxylic acids is 1. The lowest BCUT2D eigenvalue weighted by atomic mass is 9.93. The van der Waals surface area contributed by atoms with Crippen molar-refractivity contribution in [3.63, 3.8) is 0 Å². The molecular formula is C9H12F3NO3. The van der Waals surface area contributed by atoms with Crippen molar-refractivity contribution in [2.24, 2.45) is 0 Å². The second kappa shape index (κ2) is 3.95. The van der Waals surface area contributed by atoms with Gasteiger partial charge in [0.2, 0.25) is 0 Å². The van der Waals surface area contributed by atoms with Gasteiger partial charge in [0.25, 0.3) is 0 Å². The number of likely N-dealkylation sites (tertiary alicyclic amines) is 1. The first-order chi connectivity index (χ1) is 7.25. The molecule has 92 valence electrons. The summed E-state index contributed by atoms with van der Waals surface area (Å²) in [5.41, 5.74) is -1.69. The number of carboxylic acid groups (broad SMARTS) is 1. The molecule has 1 unspecified atom stereocenters. The lowest BCUT2D eigenvalue weighted by molar-refractivity contribution is -0.192. The normalized spacial score (nSPS) is 25.9. The summed E-state index contributed by atoms with van der Waals surface area (Å²) in [6.45, 7) is 1.31. The maximum absolute atomic E-state index is 12.3. The highest BCUT2D eigenvalue weighted by atomic mass is 19.4. The summed E-state index contributed by atoms with van der Waals surface area (Å²) in [6.07, 6.45) is -4.69. The zero-order valence-corrected chi connectivity index (χ0v) is 8.67. The smallest absolute Gasteiger partial charge is 0.471 e. The highest BCUT2D eigenvalue weighted by Gasteiger charge is 2.55. The maximum atomic E-state index is 12.3. The average molecular weight is 239 g/mol. The summed E-state index contributed by atoms with van der Waals surface area (Å²) in [5, 5.41) is 8.99. The fourth-order valence-corrected chi connectivity index (χ4v) is 2.07. The Hall–Kier alpha value is -1.27. The van der Waals surface area contributed by atoms with E-state index < -0.39 is 23.6 Å². The Bertz CT molecular complexity index is 316. The third-order valence-corrected chi connectivity index (χ3v) is 2.96. The largest absolute Gasteiger partial charge is 0.479 e. The van der Waals surface area contributed by atoms with Crippen LogP contribution in [0.4, 0.5) is 13.2 Å². The van der Waals surface area contributed by atoms with Gasteiger partial charge in [0.1, 0.15) is 5.54 Å². The lowest BCUT2D eigenvalue weighted by Crippen LogP contribution is -2.56. The Balaban J connectivity index is 3.04. The van der Waals surface area contributed by atoms with Gasteiger partial charge in [-0.1, -0.05) is 6.92 Å². The topological polar surface area (TPSA) is 57.6 Å². The fourth-order valence-electron chi connectivity index (χ4n) is 2.07. The number of alkyl halides is 3. The van der Waals surface area contributed by atoms with Gasteiger partial charge in [-0.05, 0) is 19.3 Å². The number of carbonyl (C=O) groups excluding carboxylic acids is 1. The molecule has 0 aliphatic carbocycles. The minimum absolute atomic E-state index is 0.0237. The molecule has 0 aromatic rings. The molecule has 0 spiro atoms. The summed E-state index contributed by atoms with van der Waals surface area (Å²) in [5.74, 6) is -3.43. The summed E-state index contributed by atoms with van der Waals surface area (Å²) >= 11 is 0. The number of nitrogens with zero attached hydrogens (tertiary/aromatic N) is 1. The highest BCUT2D eigenvalue weighted by molar-refractivity contribution is 5.90. The molecule has 1 aliphatic rings. The molecule has 1 aliphatic heterocycles. The Morgan fingerprint density at radius 3 is 2.38 bits per heavy atom. The molecule has 1 atom stereocenters. The van der Waals surface area contributed by atoms with Crippen molar-refractivity contribution in [2.45, 2.75) is 37.9 Å². The number of halogens is 3. The summed E-state index contributed by atoms with van der Waals surface area (Å²) < 4.78 is 36.8. The Morgan fingerprint density at radius 2 is 2.00 bits per heavy atom. The van der Waals surface area contributed by atoms with E-state index in [4.69, 9.17) is 5.11 Å². The maximum Gasteiger partial charge on any atom is 0.471 e. The molecule has 0 aromatic carbocycles. The molecule has 16 heavy (non-hydrogen) atoms. The summed E-state index contributed by atoms with van der Waals surface area (Å²) in [7, 11) is 0. The van der Waals surface area contributed by atoms with Gasteiger partial charge in [-0.15, -0.1) is 0 Å². The first kappa shape index (κ1) is 12.8. The van der Waals surface area contributed by atoms with Crippen molar-refractivity contribution < 1.29 is 27.9 Å². The number of carboxylic acids is 1. The zero-order valence-electron chi connectivity index (χ0n) is 8.67. The van der Waals surface area contributed by atoms with Gasteiger partial charge in [-0.3, -0.25) is 4.79 Å². The molecule has 1 saturated heterocycles. The van der Waals surface area contributed by atoms with Crippen LogP contribution in [0.1, 0.15) is 26.2 Å². The molecule has 1 fully saturated rings. The lowest BCUT2D eigenvalue weighted by Gasteiger charge is -2.34. The third kappa shape index (κ3) is 1.85. The Kier molecular flexibility index (Phi) is 3.16. The minimum atomic E-state index is -5.01. The van der Waals surface area contributed by atoms with Crippen LogP contribution in [0.2, 0.25) is 0 Å². The highest BCUT2D eigenvalue weighted by Crippen LogP contribution is 2.35. The van der Waals surface area contributed by atoms with E-state index in [9.17, 15) is 22.8 Å². The molecule has 7 heteroatoms. The SMILES string of the molecule is CCC1(C(=O)O)CCCN1C(=O)C(F)(F)F. The van der Waals surface area contributed by atoms with Crippen LogP contribution in [0.5, 0.6) is 0 Å². The first-order valence-corrected chi connectivity index (χ1v) is 4.88.